The number of hydrogen-bond donors (Lipinski definition) is 3. The highest BCUT2D eigenvalue weighted by Gasteiger charge is 2.32. The molecule has 6 heteroatoms. The Balaban J connectivity index is 1.55. The van der Waals surface area contributed by atoms with Crippen LogP contribution in [0.15, 0.2) is 72.8 Å². The lowest BCUT2D eigenvalue weighted by atomic mass is 10.0. The maximum absolute atomic E-state index is 12.4. The Morgan fingerprint density at radius 2 is 1.72 bits per heavy atom. The van der Waals surface area contributed by atoms with Crippen LogP contribution < -0.4 is 15.4 Å². The maximum atomic E-state index is 12.4. The van der Waals surface area contributed by atoms with Crippen LogP contribution in [0.1, 0.15) is 18.1 Å². The molecule has 0 fully saturated rings. The zero-order valence-electron chi connectivity index (χ0n) is 18.3. The number of nitrogens with one attached hydrogen (secondary N) is 2. The van der Waals surface area contributed by atoms with Crippen molar-refractivity contribution in [1.82, 2.24) is 5.32 Å². The van der Waals surface area contributed by atoms with E-state index in [-0.39, 0.29) is 0 Å². The summed E-state index contributed by atoms with van der Waals surface area (Å²) in [6.07, 6.45) is 1.17. The number of ether oxygens (including phenoxy) is 1. The standard InChI is InChI=1S/C26H28N2O4/c1-19-16-23(28-25(31)26(2,17-29)27-18-30)12-13-24(19)32-15-14-20-8-10-22(11-9-20)21-6-4-3-5-7-21/h3-13,16,18,29H,14-15,17H2,1-2H3,(H,27,30)(H,28,31)/t26-/m0/s1. The van der Waals surface area contributed by atoms with E-state index in [9.17, 15) is 14.7 Å². The summed E-state index contributed by atoms with van der Waals surface area (Å²) >= 11 is 0. The molecule has 0 aliphatic heterocycles. The van der Waals surface area contributed by atoms with Crippen LogP contribution in [0.2, 0.25) is 0 Å². The van der Waals surface area contributed by atoms with Crippen molar-refractivity contribution in [3.8, 4) is 16.9 Å². The topological polar surface area (TPSA) is 87.7 Å². The second kappa shape index (κ2) is 10.6. The Hall–Kier alpha value is -3.64. The summed E-state index contributed by atoms with van der Waals surface area (Å²) < 4.78 is 5.93. The fourth-order valence-corrected chi connectivity index (χ4v) is 3.24. The van der Waals surface area contributed by atoms with E-state index in [0.29, 0.717) is 18.7 Å². The smallest absolute Gasteiger partial charge is 0.252 e. The van der Waals surface area contributed by atoms with Crippen molar-refractivity contribution in [1.29, 1.82) is 0 Å². The number of carbonyl (C=O) groups is 2. The van der Waals surface area contributed by atoms with Gasteiger partial charge in [0, 0.05) is 12.1 Å². The SMILES string of the molecule is Cc1cc(NC(=O)[C@](C)(CO)NC=O)ccc1OCCc1ccc(-c2ccccc2)cc1. The van der Waals surface area contributed by atoms with Gasteiger partial charge in [-0.15, -0.1) is 0 Å². The van der Waals surface area contributed by atoms with Crippen LogP contribution in [0, 0.1) is 6.92 Å². The van der Waals surface area contributed by atoms with Crippen LogP contribution in [0.4, 0.5) is 5.69 Å². The number of hydrogen-bond acceptors (Lipinski definition) is 4. The monoisotopic (exact) mass is 432 g/mol. The van der Waals surface area contributed by atoms with Gasteiger partial charge in [0.1, 0.15) is 11.3 Å². The average molecular weight is 433 g/mol. The molecule has 0 radical (unpaired) electrons. The fraction of sp³-hybridized carbons (Fsp3) is 0.231. The molecule has 3 aromatic rings. The molecule has 3 N–H and O–H groups in total. The lowest BCUT2D eigenvalue weighted by molar-refractivity contribution is -0.126. The normalized spacial score (nSPS) is 12.5. The number of anilines is 1. The molecule has 0 bridgehead atoms. The van der Waals surface area contributed by atoms with Gasteiger partial charge >= 0.3 is 0 Å². The quantitative estimate of drug-likeness (QED) is 0.426. The molecular formula is C26H28N2O4. The van der Waals surface area contributed by atoms with Gasteiger partial charge in [-0.1, -0.05) is 54.6 Å². The second-order valence-corrected chi connectivity index (χ2v) is 7.85. The molecule has 0 aliphatic rings. The largest absolute Gasteiger partial charge is 0.493 e. The third kappa shape index (κ3) is 5.74. The number of benzene rings is 3. The zero-order chi connectivity index (χ0) is 23.0. The number of carbonyl (C=O) groups excluding carboxylic acids is 2. The molecule has 0 aromatic heterocycles. The van der Waals surface area contributed by atoms with Crippen LogP contribution in [-0.4, -0.2) is 36.2 Å². The van der Waals surface area contributed by atoms with E-state index in [4.69, 9.17) is 4.74 Å². The summed E-state index contributed by atoms with van der Waals surface area (Å²) in [6, 6.07) is 24.0. The van der Waals surface area contributed by atoms with E-state index in [1.165, 1.54) is 23.6 Å². The van der Waals surface area contributed by atoms with E-state index in [1.807, 2.05) is 25.1 Å². The zero-order valence-corrected chi connectivity index (χ0v) is 18.3. The van der Waals surface area contributed by atoms with Crippen molar-refractivity contribution in [2.45, 2.75) is 25.8 Å². The van der Waals surface area contributed by atoms with Crippen LogP contribution in [0.5, 0.6) is 5.75 Å². The molecule has 32 heavy (non-hydrogen) atoms. The molecule has 0 saturated carbocycles. The minimum atomic E-state index is -1.39. The number of rotatable bonds is 10. The van der Waals surface area contributed by atoms with Crippen molar-refractivity contribution >= 4 is 18.0 Å². The van der Waals surface area contributed by atoms with Gasteiger partial charge in [0.25, 0.3) is 5.91 Å². The van der Waals surface area contributed by atoms with Gasteiger partial charge < -0.3 is 20.5 Å². The molecule has 0 heterocycles. The number of amides is 2. The first kappa shape index (κ1) is 23.0. The summed E-state index contributed by atoms with van der Waals surface area (Å²) in [4.78, 5) is 23.1. The summed E-state index contributed by atoms with van der Waals surface area (Å²) in [6.45, 7) is 3.37. The first-order valence-corrected chi connectivity index (χ1v) is 10.5. The van der Waals surface area contributed by atoms with Crippen molar-refractivity contribution in [3.63, 3.8) is 0 Å². The number of aryl methyl sites for hydroxylation is 1. The van der Waals surface area contributed by atoms with Gasteiger partial charge in [-0.25, -0.2) is 0 Å². The summed E-state index contributed by atoms with van der Waals surface area (Å²) in [7, 11) is 0. The third-order valence-corrected chi connectivity index (χ3v) is 5.34. The average Bonchev–Trinajstić information content (AvgIpc) is 2.81. The number of aliphatic hydroxyl groups excluding tert-OH is 1. The molecule has 1 atom stereocenters. The highest BCUT2D eigenvalue weighted by molar-refractivity contribution is 5.99. The Labute approximate surface area is 188 Å². The highest BCUT2D eigenvalue weighted by Crippen LogP contribution is 2.23. The van der Waals surface area contributed by atoms with E-state index < -0.39 is 18.1 Å². The van der Waals surface area contributed by atoms with Gasteiger partial charge in [-0.05, 0) is 54.3 Å². The van der Waals surface area contributed by atoms with Crippen LogP contribution in [0.3, 0.4) is 0 Å². The molecular weight excluding hydrogens is 404 g/mol. The highest BCUT2D eigenvalue weighted by atomic mass is 16.5. The van der Waals surface area contributed by atoms with Gasteiger partial charge in [-0.3, -0.25) is 9.59 Å². The summed E-state index contributed by atoms with van der Waals surface area (Å²) in [5, 5.41) is 14.5. The molecule has 0 saturated heterocycles. The van der Waals surface area contributed by atoms with Crippen molar-refractivity contribution < 1.29 is 19.4 Å². The van der Waals surface area contributed by atoms with Crippen LogP contribution >= 0.6 is 0 Å². The predicted octanol–water partition coefficient (Wildman–Crippen LogP) is 3.72. The Morgan fingerprint density at radius 1 is 1.03 bits per heavy atom. The lowest BCUT2D eigenvalue weighted by Crippen LogP contribution is -2.54. The first-order valence-electron chi connectivity index (χ1n) is 10.5. The Bertz CT molecular complexity index is 1050. The maximum Gasteiger partial charge on any atom is 0.252 e. The second-order valence-electron chi connectivity index (χ2n) is 7.85. The van der Waals surface area contributed by atoms with E-state index in [0.717, 1.165) is 17.7 Å². The third-order valence-electron chi connectivity index (χ3n) is 5.34. The molecule has 3 rings (SSSR count). The molecule has 6 nitrogen and oxygen atoms in total. The molecule has 0 spiro atoms. The Morgan fingerprint density at radius 3 is 2.34 bits per heavy atom. The molecule has 0 unspecified atom stereocenters. The van der Waals surface area contributed by atoms with E-state index in [2.05, 4.69) is 47.0 Å². The Kier molecular flexibility index (Phi) is 7.63. The van der Waals surface area contributed by atoms with Crippen molar-refractivity contribution in [2.24, 2.45) is 0 Å². The summed E-state index contributed by atoms with van der Waals surface area (Å²) in [5.74, 6) is 0.235. The predicted molar refractivity (Wildman–Crippen MR) is 126 cm³/mol. The van der Waals surface area contributed by atoms with Gasteiger partial charge in [0.2, 0.25) is 6.41 Å². The van der Waals surface area contributed by atoms with Gasteiger partial charge in [0.15, 0.2) is 0 Å². The van der Waals surface area contributed by atoms with Crippen LogP contribution in [0.25, 0.3) is 11.1 Å². The lowest BCUT2D eigenvalue weighted by Gasteiger charge is -2.25. The minimum Gasteiger partial charge on any atom is -0.493 e. The van der Waals surface area contributed by atoms with E-state index in [1.54, 1.807) is 18.2 Å². The van der Waals surface area contributed by atoms with Gasteiger partial charge in [0.05, 0.1) is 13.2 Å². The van der Waals surface area contributed by atoms with E-state index >= 15 is 0 Å². The summed E-state index contributed by atoms with van der Waals surface area (Å²) in [5.41, 5.74) is 3.61. The van der Waals surface area contributed by atoms with Crippen LogP contribution in [-0.2, 0) is 16.0 Å². The van der Waals surface area contributed by atoms with Crippen molar-refractivity contribution in [3.05, 3.63) is 83.9 Å². The van der Waals surface area contributed by atoms with Gasteiger partial charge in [-0.2, -0.15) is 0 Å². The molecule has 0 aliphatic carbocycles. The molecule has 2 amide bonds. The number of aliphatic hydroxyl groups is 1. The molecule has 166 valence electrons. The molecule has 3 aromatic carbocycles. The first-order chi connectivity index (χ1) is 15.4. The van der Waals surface area contributed by atoms with Crippen molar-refractivity contribution in [2.75, 3.05) is 18.5 Å². The minimum absolute atomic E-state index is 0.396. The fourth-order valence-electron chi connectivity index (χ4n) is 3.24.